The van der Waals surface area contributed by atoms with Crippen LogP contribution in [0.3, 0.4) is 0 Å². The van der Waals surface area contributed by atoms with E-state index in [1.165, 1.54) is 6.33 Å². The Kier molecular flexibility index (Phi) is 5.54. The maximum atomic E-state index is 6.08. The Labute approximate surface area is 212 Å². The number of H-pyrrole nitrogens is 1. The van der Waals surface area contributed by atoms with Crippen LogP contribution in [0.15, 0.2) is 79.6 Å². The Bertz CT molecular complexity index is 1710. The van der Waals surface area contributed by atoms with Gasteiger partial charge in [0.15, 0.2) is 5.65 Å². The summed E-state index contributed by atoms with van der Waals surface area (Å²) < 4.78 is 0. The highest BCUT2D eigenvalue weighted by Gasteiger charge is 2.19. The number of pyridine rings is 2. The van der Waals surface area contributed by atoms with Gasteiger partial charge in [-0.15, -0.1) is 0 Å². The lowest BCUT2D eigenvalue weighted by Gasteiger charge is -2.19. The van der Waals surface area contributed by atoms with E-state index in [1.54, 1.807) is 6.33 Å². The molecule has 8 heteroatoms. The van der Waals surface area contributed by atoms with Crippen LogP contribution in [0.1, 0.15) is 24.1 Å². The van der Waals surface area contributed by atoms with Crippen LogP contribution in [0.5, 0.6) is 0 Å². The molecule has 2 N–H and O–H groups in total. The van der Waals surface area contributed by atoms with E-state index in [2.05, 4.69) is 56.2 Å². The van der Waals surface area contributed by atoms with Crippen molar-refractivity contribution in [1.82, 2.24) is 29.9 Å². The van der Waals surface area contributed by atoms with E-state index in [9.17, 15) is 0 Å². The zero-order chi connectivity index (χ0) is 24.6. The molecule has 7 nitrogen and oxygen atoms in total. The number of nitrogens with one attached hydrogen (secondary N) is 2. The molecule has 176 valence electrons. The molecule has 6 rings (SSSR count). The maximum Gasteiger partial charge on any atom is 0.181 e. The minimum absolute atomic E-state index is 0.0465. The van der Waals surface area contributed by atoms with Crippen LogP contribution in [0.25, 0.3) is 44.5 Å². The van der Waals surface area contributed by atoms with Gasteiger partial charge < -0.3 is 10.3 Å². The number of hydrogen-bond acceptors (Lipinski definition) is 6. The van der Waals surface area contributed by atoms with Crippen molar-refractivity contribution in [3.05, 3.63) is 95.8 Å². The molecule has 0 saturated carbocycles. The number of aryl methyl sites for hydroxylation is 1. The molecule has 0 radical (unpaired) electrons. The first kappa shape index (κ1) is 22.1. The predicted molar refractivity (Wildman–Crippen MR) is 144 cm³/mol. The van der Waals surface area contributed by atoms with Gasteiger partial charge in [-0.25, -0.2) is 19.9 Å². The van der Waals surface area contributed by atoms with Crippen LogP contribution in [0.4, 0.5) is 5.82 Å². The van der Waals surface area contributed by atoms with Crippen LogP contribution in [0.2, 0.25) is 5.02 Å². The Hall–Kier alpha value is -4.36. The molecule has 1 atom stereocenters. The number of anilines is 1. The lowest BCUT2D eigenvalue weighted by molar-refractivity contribution is 0.877. The van der Waals surface area contributed by atoms with Crippen molar-refractivity contribution < 1.29 is 0 Å². The van der Waals surface area contributed by atoms with Crippen LogP contribution >= 0.6 is 11.6 Å². The highest BCUT2D eigenvalue weighted by atomic mass is 35.5. The lowest BCUT2D eigenvalue weighted by Crippen LogP contribution is -2.08. The number of aromatic amines is 1. The summed E-state index contributed by atoms with van der Waals surface area (Å²) in [5.41, 5.74) is 7.20. The number of benzene rings is 2. The third kappa shape index (κ3) is 3.83. The Morgan fingerprint density at radius 2 is 1.69 bits per heavy atom. The number of rotatable bonds is 5. The van der Waals surface area contributed by atoms with E-state index in [4.69, 9.17) is 16.6 Å². The molecule has 4 aromatic heterocycles. The number of hydrogen-bond donors (Lipinski definition) is 2. The maximum absolute atomic E-state index is 6.08. The normalized spacial score (nSPS) is 12.2. The van der Waals surface area contributed by atoms with Gasteiger partial charge in [0, 0.05) is 40.0 Å². The molecule has 0 fully saturated rings. The largest absolute Gasteiger partial charge is 0.363 e. The first-order valence-electron chi connectivity index (χ1n) is 11.6. The van der Waals surface area contributed by atoms with Gasteiger partial charge in [0.25, 0.3) is 0 Å². The molecule has 6 aromatic rings. The van der Waals surface area contributed by atoms with Gasteiger partial charge >= 0.3 is 0 Å². The van der Waals surface area contributed by atoms with Gasteiger partial charge in [0.05, 0.1) is 12.0 Å². The number of halogens is 1. The van der Waals surface area contributed by atoms with Gasteiger partial charge in [0.1, 0.15) is 23.4 Å². The van der Waals surface area contributed by atoms with Crippen molar-refractivity contribution in [3.8, 4) is 22.5 Å². The SMILES string of the molecule is Cc1ccc2c(N[C@H](C)c3ccc(Cl)cc3)nccc2c1-c1ncccc1-c1ncnc2nc[nH]c12. The predicted octanol–water partition coefficient (Wildman–Crippen LogP) is 6.77. The third-order valence-corrected chi connectivity index (χ3v) is 6.65. The molecular weight excluding hydrogens is 470 g/mol. The molecule has 36 heavy (non-hydrogen) atoms. The second kappa shape index (κ2) is 9.02. The Balaban J connectivity index is 1.50. The van der Waals surface area contributed by atoms with Gasteiger partial charge in [-0.3, -0.25) is 4.98 Å². The number of nitrogens with zero attached hydrogens (tertiary/aromatic N) is 5. The standard InChI is InChI=1S/C28H22ClN7/c1-16-5-10-21-20(11-13-31-27(21)36-17(2)18-6-8-19(29)9-7-18)23(16)24-22(4-3-12-30-24)25-26-28(34-14-32-25)35-15-33-26/h3-15,17H,1-2H3,(H,31,36)(H,32,33,34,35)/t17-/m1/s1. The molecule has 0 aliphatic carbocycles. The topological polar surface area (TPSA) is 92.3 Å². The summed E-state index contributed by atoms with van der Waals surface area (Å²) in [6.45, 7) is 4.21. The van der Waals surface area contributed by atoms with Crippen LogP contribution < -0.4 is 5.32 Å². The van der Waals surface area contributed by atoms with Gasteiger partial charge in [0.2, 0.25) is 0 Å². The van der Waals surface area contributed by atoms with Crippen molar-refractivity contribution in [1.29, 1.82) is 0 Å². The second-order valence-corrected chi connectivity index (χ2v) is 9.09. The highest BCUT2D eigenvalue weighted by Crippen LogP contribution is 2.39. The van der Waals surface area contributed by atoms with Crippen LogP contribution in [-0.2, 0) is 0 Å². The van der Waals surface area contributed by atoms with E-state index in [1.807, 2.05) is 54.9 Å². The lowest BCUT2D eigenvalue weighted by atomic mass is 9.93. The van der Waals surface area contributed by atoms with E-state index in [0.29, 0.717) is 5.65 Å². The summed E-state index contributed by atoms with van der Waals surface area (Å²) in [5.74, 6) is 0.812. The fourth-order valence-electron chi connectivity index (χ4n) is 4.60. The summed E-state index contributed by atoms with van der Waals surface area (Å²) in [7, 11) is 0. The fourth-order valence-corrected chi connectivity index (χ4v) is 4.72. The first-order chi connectivity index (χ1) is 17.6. The Morgan fingerprint density at radius 1 is 0.833 bits per heavy atom. The summed E-state index contributed by atoms with van der Waals surface area (Å²) in [6.07, 6.45) is 6.82. The fraction of sp³-hybridized carbons (Fsp3) is 0.107. The molecular formula is C28H22ClN7. The molecule has 0 amide bonds. The monoisotopic (exact) mass is 491 g/mol. The van der Waals surface area contributed by atoms with E-state index < -0.39 is 0 Å². The Morgan fingerprint density at radius 3 is 2.56 bits per heavy atom. The first-order valence-corrected chi connectivity index (χ1v) is 12.0. The molecule has 4 heterocycles. The third-order valence-electron chi connectivity index (χ3n) is 6.40. The van der Waals surface area contributed by atoms with Crippen molar-refractivity contribution in [2.24, 2.45) is 0 Å². The van der Waals surface area contributed by atoms with Crippen LogP contribution in [-0.4, -0.2) is 29.9 Å². The van der Waals surface area contributed by atoms with E-state index in [0.717, 1.165) is 60.8 Å². The van der Waals surface area contributed by atoms with Gasteiger partial charge in [-0.05, 0) is 60.7 Å². The van der Waals surface area contributed by atoms with Crippen molar-refractivity contribution in [2.45, 2.75) is 19.9 Å². The van der Waals surface area contributed by atoms with Crippen molar-refractivity contribution >= 4 is 39.4 Å². The zero-order valence-corrected chi connectivity index (χ0v) is 20.5. The smallest absolute Gasteiger partial charge is 0.181 e. The molecule has 2 aromatic carbocycles. The van der Waals surface area contributed by atoms with Gasteiger partial charge in [-0.1, -0.05) is 35.9 Å². The number of aromatic nitrogens is 6. The molecule has 0 aliphatic heterocycles. The summed E-state index contributed by atoms with van der Waals surface area (Å²) in [4.78, 5) is 25.8. The van der Waals surface area contributed by atoms with Gasteiger partial charge in [-0.2, -0.15) is 0 Å². The van der Waals surface area contributed by atoms with Crippen molar-refractivity contribution in [2.75, 3.05) is 5.32 Å². The minimum atomic E-state index is 0.0465. The summed E-state index contributed by atoms with van der Waals surface area (Å²) >= 11 is 6.08. The summed E-state index contributed by atoms with van der Waals surface area (Å²) in [5, 5.41) is 6.38. The van der Waals surface area contributed by atoms with Crippen molar-refractivity contribution in [3.63, 3.8) is 0 Å². The van der Waals surface area contributed by atoms with E-state index >= 15 is 0 Å². The molecule has 0 aliphatic rings. The molecule has 0 bridgehead atoms. The average Bonchev–Trinajstić information content (AvgIpc) is 3.38. The number of imidazole rings is 1. The molecule has 0 spiro atoms. The average molecular weight is 492 g/mol. The minimum Gasteiger partial charge on any atom is -0.363 e. The zero-order valence-electron chi connectivity index (χ0n) is 19.7. The van der Waals surface area contributed by atoms with Crippen LogP contribution in [0, 0.1) is 6.92 Å². The molecule has 0 unspecified atom stereocenters. The quantitative estimate of drug-likeness (QED) is 0.276. The summed E-state index contributed by atoms with van der Waals surface area (Å²) in [6, 6.07) is 18.1. The second-order valence-electron chi connectivity index (χ2n) is 8.65. The highest BCUT2D eigenvalue weighted by molar-refractivity contribution is 6.30. The molecule has 0 saturated heterocycles. The van der Waals surface area contributed by atoms with E-state index in [-0.39, 0.29) is 6.04 Å². The number of fused-ring (bicyclic) bond motifs is 2.